The van der Waals surface area contributed by atoms with Gasteiger partial charge in [-0.2, -0.15) is 5.10 Å². The van der Waals surface area contributed by atoms with Crippen molar-refractivity contribution in [2.45, 2.75) is 57.4 Å². The number of aryl methyl sites for hydroxylation is 1. The van der Waals surface area contributed by atoms with E-state index >= 15 is 0 Å². The molecule has 0 aromatic carbocycles. The summed E-state index contributed by atoms with van der Waals surface area (Å²) in [5.41, 5.74) is 0. The third-order valence-corrected chi connectivity index (χ3v) is 6.30. The van der Waals surface area contributed by atoms with Crippen molar-refractivity contribution in [3.63, 3.8) is 0 Å². The molecule has 0 unspecified atom stereocenters. The first-order valence-electron chi connectivity index (χ1n) is 10.2. The predicted molar refractivity (Wildman–Crippen MR) is 97.8 cm³/mol. The first-order chi connectivity index (χ1) is 12.7. The van der Waals surface area contributed by atoms with Gasteiger partial charge in [-0.1, -0.05) is 0 Å². The predicted octanol–water partition coefficient (Wildman–Crippen LogP) is 1.71. The summed E-state index contributed by atoms with van der Waals surface area (Å²) in [6.45, 7) is 7.42. The monoisotopic (exact) mass is 361 g/mol. The molecule has 144 valence electrons. The third-order valence-electron chi connectivity index (χ3n) is 6.30. The van der Waals surface area contributed by atoms with Crippen LogP contribution < -0.4 is 0 Å². The van der Waals surface area contributed by atoms with E-state index in [9.17, 15) is 4.79 Å². The van der Waals surface area contributed by atoms with Crippen LogP contribution in [0.2, 0.25) is 0 Å². The molecule has 0 radical (unpaired) electrons. The largest absolute Gasteiger partial charge is 0.381 e. The summed E-state index contributed by atoms with van der Waals surface area (Å²) < 4.78 is 5.49. The fourth-order valence-electron chi connectivity index (χ4n) is 4.75. The van der Waals surface area contributed by atoms with Crippen LogP contribution in [0, 0.1) is 12.8 Å². The topological polar surface area (TPSA) is 74.3 Å². The number of H-pyrrole nitrogens is 1. The average molecular weight is 361 g/mol. The molecule has 26 heavy (non-hydrogen) atoms. The summed E-state index contributed by atoms with van der Waals surface area (Å²) in [4.78, 5) is 22.2. The van der Waals surface area contributed by atoms with Crippen molar-refractivity contribution >= 4 is 5.91 Å². The van der Waals surface area contributed by atoms with Gasteiger partial charge in [0, 0.05) is 44.8 Å². The minimum absolute atomic E-state index is 0.175. The van der Waals surface area contributed by atoms with Gasteiger partial charge < -0.3 is 9.64 Å². The second kappa shape index (κ2) is 8.05. The smallest absolute Gasteiger partial charge is 0.226 e. The van der Waals surface area contributed by atoms with E-state index in [1.165, 1.54) is 0 Å². The Kier molecular flexibility index (Phi) is 5.55. The summed E-state index contributed by atoms with van der Waals surface area (Å²) in [5.74, 6) is 2.71. The van der Waals surface area contributed by atoms with Crippen molar-refractivity contribution in [2.24, 2.45) is 5.92 Å². The van der Waals surface area contributed by atoms with Gasteiger partial charge in [0.05, 0.1) is 5.92 Å². The molecule has 0 spiro atoms. The number of amides is 1. The van der Waals surface area contributed by atoms with Gasteiger partial charge in [-0.25, -0.2) is 4.98 Å². The zero-order valence-electron chi connectivity index (χ0n) is 15.8. The fourth-order valence-corrected chi connectivity index (χ4v) is 4.75. The molecule has 4 rings (SSSR count). The molecule has 3 saturated heterocycles. The number of carbonyl (C=O) groups is 1. The molecular weight excluding hydrogens is 330 g/mol. The summed E-state index contributed by atoms with van der Waals surface area (Å²) >= 11 is 0. The number of nitrogens with zero attached hydrogens (tertiary/aromatic N) is 4. The van der Waals surface area contributed by atoms with Gasteiger partial charge in [-0.15, -0.1) is 0 Å². The Morgan fingerprint density at radius 2 is 1.88 bits per heavy atom. The van der Waals surface area contributed by atoms with E-state index in [2.05, 4.69) is 25.0 Å². The van der Waals surface area contributed by atoms with Crippen LogP contribution in [0.1, 0.15) is 56.1 Å². The van der Waals surface area contributed by atoms with Crippen molar-refractivity contribution < 1.29 is 9.53 Å². The number of hydrogen-bond acceptors (Lipinski definition) is 5. The Hall–Kier alpha value is -1.47. The molecule has 3 aliphatic heterocycles. The van der Waals surface area contributed by atoms with Crippen LogP contribution in [-0.4, -0.2) is 76.3 Å². The number of rotatable bonds is 3. The maximum atomic E-state index is 13.1. The van der Waals surface area contributed by atoms with E-state index in [1.54, 1.807) is 0 Å². The van der Waals surface area contributed by atoms with Crippen LogP contribution in [0.25, 0.3) is 0 Å². The normalized spacial score (nSPS) is 27.0. The number of piperidine rings is 2. The number of nitrogens with one attached hydrogen (secondary N) is 1. The molecule has 7 nitrogen and oxygen atoms in total. The Morgan fingerprint density at radius 3 is 2.58 bits per heavy atom. The number of ether oxygens (including phenoxy) is 1. The summed E-state index contributed by atoms with van der Waals surface area (Å²) in [6, 6.07) is 0.610. The van der Waals surface area contributed by atoms with E-state index in [-0.39, 0.29) is 5.92 Å². The van der Waals surface area contributed by atoms with Crippen LogP contribution in [0.5, 0.6) is 0 Å². The SMILES string of the molecule is Cc1nc(C2CCN(C(=O)[C@H]3CCCN(C4CCOCC4)C3)CC2)n[nH]1. The second-order valence-corrected chi connectivity index (χ2v) is 8.06. The molecular formula is C19H31N5O2. The number of aromatic amines is 1. The zero-order chi connectivity index (χ0) is 17.9. The molecule has 1 atom stereocenters. The van der Waals surface area contributed by atoms with Crippen molar-refractivity contribution in [1.82, 2.24) is 25.0 Å². The zero-order valence-corrected chi connectivity index (χ0v) is 15.8. The molecule has 7 heteroatoms. The molecule has 4 heterocycles. The van der Waals surface area contributed by atoms with Gasteiger partial charge in [0.15, 0.2) is 5.82 Å². The van der Waals surface area contributed by atoms with Crippen molar-refractivity contribution in [1.29, 1.82) is 0 Å². The first-order valence-corrected chi connectivity index (χ1v) is 10.2. The Balaban J connectivity index is 1.30. The highest BCUT2D eigenvalue weighted by Crippen LogP contribution is 2.29. The molecule has 1 aromatic heterocycles. The summed E-state index contributed by atoms with van der Waals surface area (Å²) in [7, 11) is 0. The van der Waals surface area contributed by atoms with E-state index in [1.807, 2.05) is 6.92 Å². The molecule has 1 amide bonds. The van der Waals surface area contributed by atoms with Crippen LogP contribution in [0.15, 0.2) is 0 Å². The number of carbonyl (C=O) groups excluding carboxylic acids is 1. The maximum absolute atomic E-state index is 13.1. The molecule has 1 aromatic rings. The molecule has 0 saturated carbocycles. The Labute approximate surface area is 155 Å². The molecule has 0 bridgehead atoms. The number of hydrogen-bond donors (Lipinski definition) is 1. The standard InChI is InChI=1S/C19H31N5O2/c1-14-20-18(22-21-14)15-4-9-23(10-5-15)19(25)16-3-2-8-24(13-16)17-6-11-26-12-7-17/h15-17H,2-13H2,1H3,(H,20,21,22)/t16-/m0/s1. The second-order valence-electron chi connectivity index (χ2n) is 8.06. The maximum Gasteiger partial charge on any atom is 0.226 e. The van der Waals surface area contributed by atoms with Crippen molar-refractivity contribution in [3.8, 4) is 0 Å². The minimum Gasteiger partial charge on any atom is -0.381 e. The molecule has 1 N–H and O–H groups in total. The van der Waals surface area contributed by atoms with E-state index in [4.69, 9.17) is 4.74 Å². The van der Waals surface area contributed by atoms with Crippen molar-refractivity contribution in [3.05, 3.63) is 11.6 Å². The Bertz CT molecular complexity index is 605. The quantitative estimate of drug-likeness (QED) is 0.887. The lowest BCUT2D eigenvalue weighted by atomic mass is 9.91. The van der Waals surface area contributed by atoms with Crippen LogP contribution >= 0.6 is 0 Å². The van der Waals surface area contributed by atoms with Crippen LogP contribution in [-0.2, 0) is 9.53 Å². The van der Waals surface area contributed by atoms with Gasteiger partial charge >= 0.3 is 0 Å². The van der Waals surface area contributed by atoms with Gasteiger partial charge in [0.1, 0.15) is 5.82 Å². The fraction of sp³-hybridized carbons (Fsp3) is 0.842. The summed E-state index contributed by atoms with van der Waals surface area (Å²) in [6.07, 6.45) is 6.35. The highest BCUT2D eigenvalue weighted by atomic mass is 16.5. The van der Waals surface area contributed by atoms with Gasteiger partial charge in [-0.3, -0.25) is 14.8 Å². The van der Waals surface area contributed by atoms with Crippen LogP contribution in [0.3, 0.4) is 0 Å². The van der Waals surface area contributed by atoms with Gasteiger partial charge in [-0.05, 0) is 52.0 Å². The lowest BCUT2D eigenvalue weighted by Gasteiger charge is -2.41. The number of likely N-dealkylation sites (tertiary alicyclic amines) is 2. The molecule has 3 fully saturated rings. The lowest BCUT2D eigenvalue weighted by Crippen LogP contribution is -2.50. The van der Waals surface area contributed by atoms with Crippen molar-refractivity contribution in [2.75, 3.05) is 39.4 Å². The average Bonchev–Trinajstić information content (AvgIpc) is 3.15. The summed E-state index contributed by atoms with van der Waals surface area (Å²) in [5, 5.41) is 7.24. The minimum atomic E-state index is 0.175. The van der Waals surface area contributed by atoms with Gasteiger partial charge in [0.2, 0.25) is 5.91 Å². The lowest BCUT2D eigenvalue weighted by molar-refractivity contribution is -0.139. The third kappa shape index (κ3) is 3.93. The Morgan fingerprint density at radius 1 is 1.12 bits per heavy atom. The van der Waals surface area contributed by atoms with E-state index in [0.29, 0.717) is 17.9 Å². The van der Waals surface area contributed by atoms with Gasteiger partial charge in [0.25, 0.3) is 0 Å². The highest BCUT2D eigenvalue weighted by molar-refractivity contribution is 5.79. The molecule has 0 aliphatic carbocycles. The highest BCUT2D eigenvalue weighted by Gasteiger charge is 2.34. The number of aromatic nitrogens is 3. The first kappa shape index (κ1) is 17.9. The van der Waals surface area contributed by atoms with E-state index in [0.717, 1.165) is 89.6 Å². The van der Waals surface area contributed by atoms with Crippen LogP contribution in [0.4, 0.5) is 0 Å². The molecule has 3 aliphatic rings. The van der Waals surface area contributed by atoms with E-state index < -0.39 is 0 Å².